The first-order chi connectivity index (χ1) is 34.1. The molecule has 0 saturated carbocycles. The molecule has 3 aliphatic heterocycles. The molecule has 0 unspecified atom stereocenters. The van der Waals surface area contributed by atoms with E-state index < -0.39 is 71.1 Å². The number of rotatable bonds is 20. The van der Waals surface area contributed by atoms with Crippen LogP contribution in [0.4, 0.5) is 4.39 Å². The van der Waals surface area contributed by atoms with Crippen LogP contribution in [-0.2, 0) is 40.0 Å². The van der Waals surface area contributed by atoms with Gasteiger partial charge in [0.05, 0.1) is 40.2 Å². The van der Waals surface area contributed by atoms with Crippen LogP contribution in [0.25, 0.3) is 10.4 Å². The number of primary amides is 1. The highest BCUT2D eigenvalue weighted by Gasteiger charge is 2.46. The number of aryl methyl sites for hydroxylation is 2. The van der Waals surface area contributed by atoms with Crippen molar-refractivity contribution >= 4 is 52.7 Å². The molecule has 19 heteroatoms. The van der Waals surface area contributed by atoms with Crippen LogP contribution in [0.2, 0.25) is 0 Å². The van der Waals surface area contributed by atoms with Gasteiger partial charge in [0.2, 0.25) is 41.4 Å². The monoisotopic (exact) mass is 1020 g/mol. The van der Waals surface area contributed by atoms with Gasteiger partial charge in [0.15, 0.2) is 11.6 Å². The first-order valence-electron chi connectivity index (χ1n) is 25.3. The molecule has 6 N–H and O–H groups in total. The van der Waals surface area contributed by atoms with Crippen LogP contribution < -0.4 is 26.4 Å². The number of fused-ring (bicyclic) bond motifs is 1. The Morgan fingerprint density at radius 2 is 1.67 bits per heavy atom. The first-order valence-corrected chi connectivity index (χ1v) is 26.2. The summed E-state index contributed by atoms with van der Waals surface area (Å²) < 4.78 is 21.8. The molecule has 0 bridgehead atoms. The molecule has 6 rings (SSSR count). The number of unbranched alkanes of at least 4 members (excludes halogenated alkanes) is 2. The van der Waals surface area contributed by atoms with Crippen molar-refractivity contribution in [1.82, 2.24) is 35.6 Å². The van der Waals surface area contributed by atoms with Gasteiger partial charge in [-0.3, -0.25) is 33.6 Å². The standard InChI is InChI=1S/C53H73FN8O9S/c1-31-27-60(34(4)63)25-24-39-21-22-41(62(39)51(31)69)49(67)58-38(20-23-44(55)65)29-71-43-14-11-13-36(46(43)54)12-9-8-10-15-45(66)59-48(53(5,6)7)52(70)61-28-40(64)26-42(61)50(68)57-32(2)35-16-18-37(19-17-35)47-33(3)56-30-72-47/h11,13-14,16-19,30-32,38-42,48,64H,8-10,12,15,20-29H2,1-7H3,(H2,55,65)(H,57,68)(H,58,67)(H,59,66)/t31-,32-,38-,39+,40+,41-,42-,48+/m0/s1. The van der Waals surface area contributed by atoms with Gasteiger partial charge in [0.25, 0.3) is 0 Å². The number of aliphatic hydroxyl groups excluding tert-OH is 1. The molecule has 0 aliphatic carbocycles. The Morgan fingerprint density at radius 3 is 2.33 bits per heavy atom. The lowest BCUT2D eigenvalue weighted by Gasteiger charge is -2.37. The Kier molecular flexibility index (Phi) is 19.0. The molecule has 1 aromatic heterocycles. The van der Waals surface area contributed by atoms with Crippen LogP contribution in [-0.4, -0.2) is 129 Å². The van der Waals surface area contributed by atoms with Crippen LogP contribution in [0.5, 0.6) is 5.75 Å². The molecule has 8 atom stereocenters. The number of halogens is 1. The van der Waals surface area contributed by atoms with E-state index in [9.17, 15) is 38.7 Å². The number of nitrogens with one attached hydrogen (secondary N) is 3. The molecular formula is C53H73FN8O9S. The Balaban J connectivity index is 0.976. The summed E-state index contributed by atoms with van der Waals surface area (Å²) in [5, 5.41) is 19.6. The number of thiazole rings is 1. The van der Waals surface area contributed by atoms with Crippen LogP contribution >= 0.6 is 11.3 Å². The lowest BCUT2D eigenvalue weighted by molar-refractivity contribution is -0.146. The van der Waals surface area contributed by atoms with E-state index in [0.717, 1.165) is 21.7 Å². The highest BCUT2D eigenvalue weighted by atomic mass is 32.1. The number of ether oxygens (including phenoxy) is 1. The maximum absolute atomic E-state index is 15.9. The summed E-state index contributed by atoms with van der Waals surface area (Å²) in [4.78, 5) is 103. The van der Waals surface area contributed by atoms with E-state index in [1.54, 1.807) is 45.7 Å². The maximum Gasteiger partial charge on any atom is 0.246 e. The van der Waals surface area contributed by atoms with Gasteiger partial charge in [0.1, 0.15) is 24.7 Å². The van der Waals surface area contributed by atoms with Gasteiger partial charge >= 0.3 is 0 Å². The summed E-state index contributed by atoms with van der Waals surface area (Å²) >= 11 is 1.56. The van der Waals surface area contributed by atoms with E-state index in [2.05, 4.69) is 20.9 Å². The molecule has 3 aliphatic rings. The van der Waals surface area contributed by atoms with Gasteiger partial charge in [-0.25, -0.2) is 9.37 Å². The second-order valence-corrected chi connectivity index (χ2v) is 21.7. The number of hydrogen-bond acceptors (Lipinski definition) is 11. The van der Waals surface area contributed by atoms with E-state index in [0.29, 0.717) is 57.1 Å². The smallest absolute Gasteiger partial charge is 0.246 e. The number of benzene rings is 2. The maximum atomic E-state index is 15.9. The lowest BCUT2D eigenvalue weighted by atomic mass is 9.85. The Hall–Kier alpha value is -5.95. The molecule has 72 heavy (non-hydrogen) atoms. The van der Waals surface area contributed by atoms with Gasteiger partial charge in [-0.1, -0.05) is 70.5 Å². The van der Waals surface area contributed by atoms with E-state index in [4.69, 9.17) is 10.5 Å². The summed E-state index contributed by atoms with van der Waals surface area (Å²) in [7, 11) is 0. The fourth-order valence-corrected chi connectivity index (χ4v) is 10.8. The topological polar surface area (TPSA) is 234 Å². The molecule has 4 heterocycles. The lowest BCUT2D eigenvalue weighted by Crippen LogP contribution is -2.57. The quantitative estimate of drug-likeness (QED) is 0.0939. The fourth-order valence-electron chi connectivity index (χ4n) is 9.99. The normalized spacial score (nSPS) is 21.5. The number of likely N-dealkylation sites (tertiary alicyclic amines) is 1. The van der Waals surface area contributed by atoms with Crippen molar-refractivity contribution < 1.29 is 47.8 Å². The molecule has 0 spiro atoms. The summed E-state index contributed by atoms with van der Waals surface area (Å²) in [5.41, 5.74) is 9.79. The van der Waals surface area contributed by atoms with Gasteiger partial charge < -0.3 is 46.2 Å². The summed E-state index contributed by atoms with van der Waals surface area (Å²) in [6.07, 6.45) is 2.90. The van der Waals surface area contributed by atoms with Crippen molar-refractivity contribution in [2.24, 2.45) is 17.1 Å². The second-order valence-electron chi connectivity index (χ2n) is 20.8. The predicted octanol–water partition coefficient (Wildman–Crippen LogP) is 5.11. The molecule has 7 amide bonds. The number of carbonyl (C=O) groups excluding carboxylic acids is 7. The van der Waals surface area contributed by atoms with Crippen LogP contribution in [0.1, 0.15) is 129 Å². The van der Waals surface area contributed by atoms with E-state index in [1.807, 2.05) is 58.9 Å². The summed E-state index contributed by atoms with van der Waals surface area (Å²) in [6.45, 7) is 13.1. The van der Waals surface area contributed by atoms with Crippen LogP contribution in [0.3, 0.4) is 0 Å². The first kappa shape index (κ1) is 55.4. The zero-order chi connectivity index (χ0) is 52.4. The van der Waals surface area contributed by atoms with Crippen molar-refractivity contribution in [2.45, 2.75) is 161 Å². The van der Waals surface area contributed by atoms with Gasteiger partial charge in [-0.05, 0) is 87.0 Å². The van der Waals surface area contributed by atoms with E-state index in [-0.39, 0.29) is 80.9 Å². The largest absolute Gasteiger partial charge is 0.488 e. The number of amides is 7. The van der Waals surface area contributed by atoms with Crippen LogP contribution in [0, 0.1) is 24.1 Å². The number of hydrogen-bond donors (Lipinski definition) is 5. The third kappa shape index (κ3) is 14.2. The number of aromatic nitrogens is 1. The number of nitrogens with zero attached hydrogens (tertiary/aromatic N) is 4. The Bertz CT molecular complexity index is 2430. The number of β-amino-alcohol motifs (C(OH)–C–C–N with tert-alkyl or cyclic N) is 1. The molecule has 17 nitrogen and oxygen atoms in total. The number of aliphatic hydroxyl groups is 1. The van der Waals surface area contributed by atoms with Crippen molar-refractivity contribution in [3.63, 3.8) is 0 Å². The minimum atomic E-state index is -0.973. The fraction of sp³-hybridized carbons (Fsp3) is 0.585. The molecule has 2 aromatic carbocycles. The minimum Gasteiger partial charge on any atom is -0.488 e. The third-order valence-electron chi connectivity index (χ3n) is 14.1. The highest BCUT2D eigenvalue weighted by molar-refractivity contribution is 7.13. The zero-order valence-electron chi connectivity index (χ0n) is 42.7. The molecule has 0 radical (unpaired) electrons. The summed E-state index contributed by atoms with van der Waals surface area (Å²) in [5.74, 6) is -3.52. The van der Waals surface area contributed by atoms with E-state index in [1.165, 1.54) is 17.9 Å². The van der Waals surface area contributed by atoms with E-state index >= 15 is 4.39 Å². The SMILES string of the molecule is CC(=O)N1CC[C@H]2CC[C@@H](C(=O)N[C@@H](CCC(N)=O)COc3cccc(CCCCCC(=O)N[C@H](C(=O)N4C[C@H](O)C[C@H]4C(=O)N[C@@H](C)c4ccc(-c5scnc5C)cc4)C(C)(C)C)c3F)N2C(=O)[C@@H](C)C1. The van der Waals surface area contributed by atoms with Gasteiger partial charge in [-0.15, -0.1) is 11.3 Å². The molecular weight excluding hydrogens is 944 g/mol. The Labute approximate surface area is 426 Å². The van der Waals surface area contributed by atoms with Gasteiger partial charge in [-0.2, -0.15) is 0 Å². The third-order valence-corrected chi connectivity index (χ3v) is 15.1. The molecule has 3 saturated heterocycles. The van der Waals surface area contributed by atoms with Crippen LogP contribution in [0.15, 0.2) is 48.0 Å². The second kappa shape index (κ2) is 24.6. The van der Waals surface area contributed by atoms with Crippen molar-refractivity contribution in [1.29, 1.82) is 0 Å². The zero-order valence-corrected chi connectivity index (χ0v) is 43.5. The van der Waals surface area contributed by atoms with Crippen molar-refractivity contribution in [3.8, 4) is 16.2 Å². The van der Waals surface area contributed by atoms with Crippen molar-refractivity contribution in [2.75, 3.05) is 26.2 Å². The predicted molar refractivity (Wildman–Crippen MR) is 270 cm³/mol. The average molecular weight is 1020 g/mol. The molecule has 3 aromatic rings. The van der Waals surface area contributed by atoms with Gasteiger partial charge in [0, 0.05) is 51.9 Å². The Morgan fingerprint density at radius 1 is 0.944 bits per heavy atom. The summed E-state index contributed by atoms with van der Waals surface area (Å²) in [6, 6.07) is 8.76. The van der Waals surface area contributed by atoms with Crippen molar-refractivity contribution in [3.05, 3.63) is 70.6 Å². The average Bonchev–Trinajstić information content (AvgIpc) is 4.07. The molecule has 3 fully saturated rings. The highest BCUT2D eigenvalue weighted by Crippen LogP contribution is 2.33. The molecule has 392 valence electrons. The number of nitrogens with two attached hydrogens (primary N) is 1. The minimum absolute atomic E-state index is 0.0282. The number of carbonyl (C=O) groups is 7.